The van der Waals surface area contributed by atoms with E-state index in [0.29, 0.717) is 25.6 Å². The Bertz CT molecular complexity index is 814. The average molecular weight is 406 g/mol. The first-order chi connectivity index (χ1) is 14.0. The summed E-state index contributed by atoms with van der Waals surface area (Å²) in [5.74, 6) is -1.85. The summed E-state index contributed by atoms with van der Waals surface area (Å²) in [4.78, 5) is 0. The molecule has 1 heterocycles. The highest BCUT2D eigenvalue weighted by atomic mass is 19.2. The first-order valence-corrected chi connectivity index (χ1v) is 10.6. The van der Waals surface area contributed by atoms with E-state index in [1.165, 1.54) is 18.2 Å². The van der Waals surface area contributed by atoms with Gasteiger partial charge in [0.05, 0.1) is 19.3 Å². The monoisotopic (exact) mass is 406 g/mol. The van der Waals surface area contributed by atoms with Crippen molar-refractivity contribution in [2.75, 3.05) is 13.2 Å². The van der Waals surface area contributed by atoms with Crippen molar-refractivity contribution in [2.45, 2.75) is 58.5 Å². The molecule has 158 valence electrons. The second-order valence-electron chi connectivity index (χ2n) is 7.73. The van der Waals surface area contributed by atoms with E-state index in [-0.39, 0.29) is 22.4 Å². The van der Waals surface area contributed by atoms with E-state index < -0.39 is 23.6 Å². The maximum absolute atomic E-state index is 14.8. The number of halogens is 3. The molecule has 0 saturated carbocycles. The van der Waals surface area contributed by atoms with Crippen molar-refractivity contribution < 1.29 is 22.6 Å². The zero-order chi connectivity index (χ0) is 20.8. The smallest absolute Gasteiger partial charge is 0.167 e. The highest BCUT2D eigenvalue weighted by molar-refractivity contribution is 5.66. The zero-order valence-corrected chi connectivity index (χ0v) is 17.1. The molecule has 0 aliphatic carbocycles. The van der Waals surface area contributed by atoms with Crippen LogP contribution in [0, 0.1) is 23.4 Å². The van der Waals surface area contributed by atoms with Crippen molar-refractivity contribution in [3.05, 3.63) is 53.3 Å². The van der Waals surface area contributed by atoms with Gasteiger partial charge in [0.1, 0.15) is 0 Å². The van der Waals surface area contributed by atoms with Gasteiger partial charge in [-0.05, 0) is 49.3 Å². The van der Waals surface area contributed by atoms with Gasteiger partial charge in [0, 0.05) is 11.1 Å². The average Bonchev–Trinajstić information content (AvgIpc) is 2.72. The minimum Gasteiger partial charge on any atom is -0.491 e. The van der Waals surface area contributed by atoms with Gasteiger partial charge in [0.2, 0.25) is 0 Å². The molecule has 2 unspecified atom stereocenters. The van der Waals surface area contributed by atoms with Crippen LogP contribution in [-0.4, -0.2) is 13.2 Å². The molecule has 1 aliphatic heterocycles. The van der Waals surface area contributed by atoms with Gasteiger partial charge in [0.15, 0.2) is 23.2 Å². The molecule has 2 aromatic rings. The number of rotatable bonds is 8. The molecule has 0 N–H and O–H groups in total. The van der Waals surface area contributed by atoms with Crippen molar-refractivity contribution in [1.29, 1.82) is 0 Å². The molecule has 2 atom stereocenters. The van der Waals surface area contributed by atoms with Gasteiger partial charge in [-0.2, -0.15) is 0 Å². The molecule has 0 amide bonds. The molecule has 0 aromatic heterocycles. The number of hydrogen-bond acceptors (Lipinski definition) is 2. The summed E-state index contributed by atoms with van der Waals surface area (Å²) in [5.41, 5.74) is 0.548. The summed E-state index contributed by atoms with van der Waals surface area (Å²) in [7, 11) is 0. The molecule has 3 rings (SSSR count). The summed E-state index contributed by atoms with van der Waals surface area (Å²) in [5, 5.41) is 0. The lowest BCUT2D eigenvalue weighted by atomic mass is 9.91. The summed E-state index contributed by atoms with van der Waals surface area (Å²) in [6, 6.07) is 7.26. The SMILES string of the molecule is CCCCOc1ccc(-c2ccc(C3CCC(CCC)CO3)c(F)c2F)cc1F. The molecular weight excluding hydrogens is 377 g/mol. The summed E-state index contributed by atoms with van der Waals surface area (Å²) in [6.07, 6.45) is 5.15. The van der Waals surface area contributed by atoms with Gasteiger partial charge in [-0.1, -0.05) is 44.9 Å². The molecule has 1 fully saturated rings. The molecular formula is C24H29F3O2. The summed E-state index contributed by atoms with van der Waals surface area (Å²) >= 11 is 0. The third-order valence-electron chi connectivity index (χ3n) is 5.52. The van der Waals surface area contributed by atoms with Crippen LogP contribution in [0.2, 0.25) is 0 Å². The summed E-state index contributed by atoms with van der Waals surface area (Å²) in [6.45, 7) is 5.15. The fourth-order valence-electron chi connectivity index (χ4n) is 3.84. The van der Waals surface area contributed by atoms with Crippen molar-refractivity contribution in [1.82, 2.24) is 0 Å². The Morgan fingerprint density at radius 3 is 2.48 bits per heavy atom. The Morgan fingerprint density at radius 1 is 1.00 bits per heavy atom. The molecule has 0 spiro atoms. The maximum atomic E-state index is 14.8. The number of benzene rings is 2. The second kappa shape index (κ2) is 10.1. The fraction of sp³-hybridized carbons (Fsp3) is 0.500. The van der Waals surface area contributed by atoms with E-state index in [1.54, 1.807) is 12.1 Å². The quantitative estimate of drug-likeness (QED) is 0.431. The van der Waals surface area contributed by atoms with E-state index in [2.05, 4.69) is 6.92 Å². The van der Waals surface area contributed by atoms with Crippen molar-refractivity contribution >= 4 is 0 Å². The van der Waals surface area contributed by atoms with Gasteiger partial charge < -0.3 is 9.47 Å². The molecule has 1 aliphatic rings. The van der Waals surface area contributed by atoms with Crippen LogP contribution in [0.5, 0.6) is 5.75 Å². The molecule has 1 saturated heterocycles. The Morgan fingerprint density at radius 2 is 1.83 bits per heavy atom. The van der Waals surface area contributed by atoms with E-state index >= 15 is 0 Å². The predicted octanol–water partition coefficient (Wildman–Crippen LogP) is 7.22. The molecule has 29 heavy (non-hydrogen) atoms. The molecule has 2 aromatic carbocycles. The Labute approximate surface area is 171 Å². The lowest BCUT2D eigenvalue weighted by Crippen LogP contribution is -2.21. The normalized spacial score (nSPS) is 19.3. The van der Waals surface area contributed by atoms with Crippen LogP contribution in [0.15, 0.2) is 30.3 Å². The van der Waals surface area contributed by atoms with Crippen LogP contribution < -0.4 is 4.74 Å². The highest BCUT2D eigenvalue weighted by Gasteiger charge is 2.27. The highest BCUT2D eigenvalue weighted by Crippen LogP contribution is 2.37. The van der Waals surface area contributed by atoms with Gasteiger partial charge in [0.25, 0.3) is 0 Å². The van der Waals surface area contributed by atoms with E-state index in [0.717, 1.165) is 32.1 Å². The Balaban J connectivity index is 1.77. The predicted molar refractivity (Wildman–Crippen MR) is 108 cm³/mol. The first kappa shape index (κ1) is 21.7. The van der Waals surface area contributed by atoms with Crippen LogP contribution in [0.1, 0.15) is 64.0 Å². The van der Waals surface area contributed by atoms with Crippen LogP contribution >= 0.6 is 0 Å². The lowest BCUT2D eigenvalue weighted by Gasteiger charge is -2.29. The van der Waals surface area contributed by atoms with Crippen LogP contribution in [-0.2, 0) is 4.74 Å². The van der Waals surface area contributed by atoms with Crippen LogP contribution in [0.25, 0.3) is 11.1 Å². The van der Waals surface area contributed by atoms with E-state index in [1.807, 2.05) is 6.92 Å². The van der Waals surface area contributed by atoms with Gasteiger partial charge in [-0.3, -0.25) is 0 Å². The first-order valence-electron chi connectivity index (χ1n) is 10.6. The van der Waals surface area contributed by atoms with Gasteiger partial charge in [-0.25, -0.2) is 13.2 Å². The number of ether oxygens (including phenoxy) is 2. The third-order valence-corrected chi connectivity index (χ3v) is 5.52. The Kier molecular flexibility index (Phi) is 7.59. The van der Waals surface area contributed by atoms with Gasteiger partial charge in [-0.15, -0.1) is 0 Å². The molecule has 0 bridgehead atoms. The minimum absolute atomic E-state index is 0.0323. The topological polar surface area (TPSA) is 18.5 Å². The molecule has 5 heteroatoms. The second-order valence-corrected chi connectivity index (χ2v) is 7.73. The molecule has 0 radical (unpaired) electrons. The zero-order valence-electron chi connectivity index (χ0n) is 17.1. The van der Waals surface area contributed by atoms with Crippen molar-refractivity contribution in [3.63, 3.8) is 0 Å². The summed E-state index contributed by atoms with van der Waals surface area (Å²) < 4.78 is 55.1. The van der Waals surface area contributed by atoms with Crippen LogP contribution in [0.4, 0.5) is 13.2 Å². The Hall–Kier alpha value is -2.01. The van der Waals surface area contributed by atoms with Crippen molar-refractivity contribution in [3.8, 4) is 16.9 Å². The van der Waals surface area contributed by atoms with Crippen molar-refractivity contribution in [2.24, 2.45) is 5.92 Å². The minimum atomic E-state index is -0.971. The number of hydrogen-bond donors (Lipinski definition) is 0. The third kappa shape index (κ3) is 5.13. The van der Waals surface area contributed by atoms with Crippen LogP contribution in [0.3, 0.4) is 0 Å². The number of unbranched alkanes of at least 4 members (excludes halogenated alkanes) is 1. The maximum Gasteiger partial charge on any atom is 0.167 e. The molecule has 2 nitrogen and oxygen atoms in total. The lowest BCUT2D eigenvalue weighted by molar-refractivity contribution is -0.0214. The largest absolute Gasteiger partial charge is 0.491 e. The van der Waals surface area contributed by atoms with E-state index in [4.69, 9.17) is 9.47 Å². The van der Waals surface area contributed by atoms with E-state index in [9.17, 15) is 13.2 Å². The standard InChI is InChI=1S/C24H29F3O2/c1-3-5-13-28-22-12-8-17(14-20(22)25)18-9-10-19(24(27)23(18)26)21-11-7-16(6-4-2)15-29-21/h8-10,12,14,16,21H,3-7,11,13,15H2,1-2H3. The van der Waals surface area contributed by atoms with Gasteiger partial charge >= 0.3 is 0 Å². The fourth-order valence-corrected chi connectivity index (χ4v) is 3.84.